The summed E-state index contributed by atoms with van der Waals surface area (Å²) in [5.74, 6) is 0.914. The van der Waals surface area contributed by atoms with Gasteiger partial charge < -0.3 is 15.3 Å². The lowest BCUT2D eigenvalue weighted by atomic mass is 9.91. The molecule has 0 amide bonds. The Morgan fingerprint density at radius 2 is 2.10 bits per heavy atom. The standard InChI is InChI=1S/C23H33N7O/c1-27-11-13-29(14-12-27)23-25-10-8-21-26-18(20(16-31)30(21)23)15-28(2)19-7-3-5-17-6-4-9-24-22(17)19/h4,6,8-10,19,23,25,31H,3,5,7,11-16H2,1-2H3. The lowest BCUT2D eigenvalue weighted by Crippen LogP contribution is -2.51. The van der Waals surface area contributed by atoms with Crippen LogP contribution in [-0.2, 0) is 19.6 Å². The molecule has 2 unspecified atom stereocenters. The van der Waals surface area contributed by atoms with Gasteiger partial charge in [0.15, 0.2) is 6.29 Å². The number of aliphatic hydroxyl groups excluding tert-OH is 1. The molecule has 2 N–H and O–H groups in total. The number of aliphatic hydroxyl groups is 1. The van der Waals surface area contributed by atoms with E-state index in [0.717, 1.165) is 56.2 Å². The number of pyridine rings is 1. The summed E-state index contributed by atoms with van der Waals surface area (Å²) >= 11 is 0. The van der Waals surface area contributed by atoms with Crippen LogP contribution in [0.2, 0.25) is 0 Å². The zero-order chi connectivity index (χ0) is 21.4. The van der Waals surface area contributed by atoms with Crippen LogP contribution in [0.3, 0.4) is 0 Å². The third-order valence-electron chi connectivity index (χ3n) is 6.97. The number of nitrogens with zero attached hydrogens (tertiary/aromatic N) is 6. The first-order valence-corrected chi connectivity index (χ1v) is 11.4. The predicted molar refractivity (Wildman–Crippen MR) is 120 cm³/mol. The molecule has 2 atom stereocenters. The predicted octanol–water partition coefficient (Wildman–Crippen LogP) is 1.56. The van der Waals surface area contributed by atoms with Crippen molar-refractivity contribution in [2.45, 2.75) is 44.7 Å². The Labute approximate surface area is 184 Å². The lowest BCUT2D eigenvalue weighted by molar-refractivity contribution is 0.0580. The van der Waals surface area contributed by atoms with Crippen molar-refractivity contribution < 1.29 is 5.11 Å². The topological polar surface area (TPSA) is 72.7 Å². The van der Waals surface area contributed by atoms with Gasteiger partial charge in [-0.3, -0.25) is 19.4 Å². The first-order chi connectivity index (χ1) is 15.2. The highest BCUT2D eigenvalue weighted by Gasteiger charge is 2.31. The largest absolute Gasteiger partial charge is 0.390 e. The van der Waals surface area contributed by atoms with Gasteiger partial charge in [-0.25, -0.2) is 4.98 Å². The molecular weight excluding hydrogens is 390 g/mol. The Kier molecular flexibility index (Phi) is 5.79. The Balaban J connectivity index is 1.41. The maximum Gasteiger partial charge on any atom is 0.163 e. The molecular formula is C23H33N7O. The second kappa shape index (κ2) is 8.70. The molecule has 0 saturated carbocycles. The molecule has 4 heterocycles. The van der Waals surface area contributed by atoms with Gasteiger partial charge in [-0.2, -0.15) is 0 Å². The molecule has 31 heavy (non-hydrogen) atoms. The molecule has 0 aromatic carbocycles. The summed E-state index contributed by atoms with van der Waals surface area (Å²) in [4.78, 5) is 16.8. The molecule has 0 bridgehead atoms. The maximum absolute atomic E-state index is 10.3. The normalized spacial score (nSPS) is 24.1. The minimum atomic E-state index is -0.0184. The summed E-state index contributed by atoms with van der Waals surface area (Å²) in [6.45, 7) is 4.75. The SMILES string of the molecule is CN1CCN(C2NC=Cc3nc(CN(C)C4CCCc5cccnc54)c(CO)n32)CC1. The van der Waals surface area contributed by atoms with Crippen LogP contribution in [0.4, 0.5) is 0 Å². The number of hydrogen-bond acceptors (Lipinski definition) is 7. The molecule has 0 spiro atoms. The summed E-state index contributed by atoms with van der Waals surface area (Å²) in [5, 5.41) is 13.8. The molecule has 3 aliphatic rings. The van der Waals surface area contributed by atoms with Gasteiger partial charge in [-0.05, 0) is 51.1 Å². The second-order valence-corrected chi connectivity index (χ2v) is 8.98. The summed E-state index contributed by atoms with van der Waals surface area (Å²) in [6.07, 6.45) is 9.29. The average Bonchev–Trinajstić information content (AvgIpc) is 3.16. The zero-order valence-electron chi connectivity index (χ0n) is 18.5. The fraction of sp³-hybridized carbons (Fsp3) is 0.565. The molecule has 166 valence electrons. The highest BCUT2D eigenvalue weighted by Crippen LogP contribution is 2.33. The molecule has 1 saturated heterocycles. The molecule has 5 rings (SSSR count). The smallest absolute Gasteiger partial charge is 0.163 e. The molecule has 8 nitrogen and oxygen atoms in total. The molecule has 2 aliphatic heterocycles. The maximum atomic E-state index is 10.3. The van der Waals surface area contributed by atoms with Crippen LogP contribution in [0.25, 0.3) is 6.08 Å². The number of imidazole rings is 1. The number of rotatable bonds is 5. The zero-order valence-corrected chi connectivity index (χ0v) is 18.5. The Morgan fingerprint density at radius 1 is 1.26 bits per heavy atom. The summed E-state index contributed by atoms with van der Waals surface area (Å²) in [7, 11) is 4.32. The quantitative estimate of drug-likeness (QED) is 0.756. The van der Waals surface area contributed by atoms with Crippen LogP contribution >= 0.6 is 0 Å². The van der Waals surface area contributed by atoms with E-state index in [9.17, 15) is 5.11 Å². The van der Waals surface area contributed by atoms with Crippen molar-refractivity contribution >= 4 is 6.08 Å². The summed E-state index contributed by atoms with van der Waals surface area (Å²) in [5.41, 5.74) is 4.41. The summed E-state index contributed by atoms with van der Waals surface area (Å²) in [6, 6.07) is 4.53. The van der Waals surface area contributed by atoms with Crippen LogP contribution in [0, 0.1) is 0 Å². The fourth-order valence-corrected chi connectivity index (χ4v) is 5.20. The van der Waals surface area contributed by atoms with Crippen molar-refractivity contribution in [3.8, 4) is 0 Å². The van der Waals surface area contributed by atoms with Crippen LogP contribution < -0.4 is 5.32 Å². The molecule has 2 aromatic rings. The number of likely N-dealkylation sites (N-methyl/N-ethyl adjacent to an activating group) is 1. The highest BCUT2D eigenvalue weighted by molar-refractivity contribution is 5.45. The van der Waals surface area contributed by atoms with Crippen molar-refractivity contribution in [1.29, 1.82) is 0 Å². The van der Waals surface area contributed by atoms with E-state index in [1.165, 1.54) is 17.7 Å². The number of fused-ring (bicyclic) bond motifs is 2. The molecule has 1 aliphatic carbocycles. The van der Waals surface area contributed by atoms with Crippen LogP contribution in [0.5, 0.6) is 0 Å². The van der Waals surface area contributed by atoms with Gasteiger partial charge in [-0.1, -0.05) is 6.07 Å². The Bertz CT molecular complexity index is 947. The fourth-order valence-electron chi connectivity index (χ4n) is 5.20. The van der Waals surface area contributed by atoms with Gasteiger partial charge >= 0.3 is 0 Å². The van der Waals surface area contributed by atoms with Gasteiger partial charge in [-0.15, -0.1) is 0 Å². The Hall–Kier alpha value is -2.26. The first-order valence-electron chi connectivity index (χ1n) is 11.4. The van der Waals surface area contributed by atoms with Crippen LogP contribution in [0.15, 0.2) is 24.5 Å². The first kappa shape index (κ1) is 20.6. The van der Waals surface area contributed by atoms with E-state index < -0.39 is 0 Å². The molecule has 8 heteroatoms. The van der Waals surface area contributed by atoms with Gasteiger partial charge in [0.05, 0.1) is 29.7 Å². The van der Waals surface area contributed by atoms with E-state index in [-0.39, 0.29) is 18.9 Å². The van der Waals surface area contributed by atoms with Crippen LogP contribution in [-0.4, -0.2) is 74.6 Å². The van der Waals surface area contributed by atoms with Crippen molar-refractivity contribution in [2.24, 2.45) is 0 Å². The average molecular weight is 424 g/mol. The third-order valence-corrected chi connectivity index (χ3v) is 6.97. The number of nitrogens with one attached hydrogen (secondary N) is 1. The Morgan fingerprint density at radius 3 is 2.90 bits per heavy atom. The minimum absolute atomic E-state index is 0.000482. The molecule has 2 aromatic heterocycles. The van der Waals surface area contributed by atoms with E-state index in [1.807, 2.05) is 24.5 Å². The number of aromatic nitrogens is 3. The minimum Gasteiger partial charge on any atom is -0.390 e. The highest BCUT2D eigenvalue weighted by atomic mass is 16.3. The van der Waals surface area contributed by atoms with Gasteiger partial charge in [0.25, 0.3) is 0 Å². The van der Waals surface area contributed by atoms with E-state index >= 15 is 0 Å². The number of piperazine rings is 1. The van der Waals surface area contributed by atoms with Gasteiger partial charge in [0.2, 0.25) is 0 Å². The molecule has 0 radical (unpaired) electrons. The van der Waals surface area contributed by atoms with Crippen molar-refractivity contribution in [1.82, 2.24) is 34.6 Å². The van der Waals surface area contributed by atoms with Gasteiger partial charge in [0, 0.05) is 45.1 Å². The summed E-state index contributed by atoms with van der Waals surface area (Å²) < 4.78 is 2.18. The van der Waals surface area contributed by atoms with E-state index in [0.29, 0.717) is 6.54 Å². The van der Waals surface area contributed by atoms with E-state index in [1.54, 1.807) is 0 Å². The monoisotopic (exact) mass is 423 g/mol. The van der Waals surface area contributed by atoms with Gasteiger partial charge in [0.1, 0.15) is 5.82 Å². The number of aryl methyl sites for hydroxylation is 1. The molecule has 1 fully saturated rings. The van der Waals surface area contributed by atoms with Crippen molar-refractivity contribution in [3.05, 3.63) is 53.0 Å². The van der Waals surface area contributed by atoms with Crippen LogP contribution in [0.1, 0.15) is 53.6 Å². The second-order valence-electron chi connectivity index (χ2n) is 8.98. The van der Waals surface area contributed by atoms with Crippen molar-refractivity contribution in [2.75, 3.05) is 40.3 Å². The van der Waals surface area contributed by atoms with E-state index in [4.69, 9.17) is 9.97 Å². The van der Waals surface area contributed by atoms with Crippen molar-refractivity contribution in [3.63, 3.8) is 0 Å². The van der Waals surface area contributed by atoms with E-state index in [2.05, 4.69) is 44.7 Å². The third kappa shape index (κ3) is 3.89. The number of hydrogen-bond donors (Lipinski definition) is 2. The lowest BCUT2D eigenvalue weighted by Gasteiger charge is -2.40.